The highest BCUT2D eigenvalue weighted by Crippen LogP contribution is 2.29. The van der Waals surface area contributed by atoms with Gasteiger partial charge in [0, 0.05) is 6.07 Å². The molecule has 1 aliphatic rings. The zero-order valence-electron chi connectivity index (χ0n) is 7.51. The molecule has 0 amide bonds. The van der Waals surface area contributed by atoms with Gasteiger partial charge in [0.05, 0.1) is 11.7 Å². The van der Waals surface area contributed by atoms with Crippen molar-refractivity contribution in [3.8, 4) is 5.75 Å². The maximum absolute atomic E-state index is 12.8. The molecule has 1 atom stereocenters. The van der Waals surface area contributed by atoms with Crippen molar-refractivity contribution in [3.63, 3.8) is 0 Å². The van der Waals surface area contributed by atoms with E-state index in [4.69, 9.17) is 4.74 Å². The summed E-state index contributed by atoms with van der Waals surface area (Å²) in [6, 6.07) is 4.91. The second-order valence-electron chi connectivity index (χ2n) is 3.20. The summed E-state index contributed by atoms with van der Waals surface area (Å²) in [5.74, 6) is 0.361. The second-order valence-corrected chi connectivity index (χ2v) is 3.20. The van der Waals surface area contributed by atoms with Crippen LogP contribution < -0.4 is 10.1 Å². The van der Waals surface area contributed by atoms with Gasteiger partial charge in [-0.1, -0.05) is 6.92 Å². The van der Waals surface area contributed by atoms with E-state index in [1.165, 1.54) is 12.1 Å². The van der Waals surface area contributed by atoms with Crippen LogP contribution in [0.4, 0.5) is 10.1 Å². The van der Waals surface area contributed by atoms with Crippen LogP contribution in [0.3, 0.4) is 0 Å². The topological polar surface area (TPSA) is 21.3 Å². The third-order valence-corrected chi connectivity index (χ3v) is 2.24. The van der Waals surface area contributed by atoms with Gasteiger partial charge >= 0.3 is 0 Å². The van der Waals surface area contributed by atoms with Crippen molar-refractivity contribution < 1.29 is 9.13 Å². The number of halogens is 1. The second kappa shape index (κ2) is 3.24. The summed E-state index contributed by atoms with van der Waals surface area (Å²) in [4.78, 5) is 0. The fraction of sp³-hybridized carbons (Fsp3) is 0.400. The lowest BCUT2D eigenvalue weighted by molar-refractivity contribution is 0.280. The molecule has 0 saturated heterocycles. The van der Waals surface area contributed by atoms with Gasteiger partial charge in [0.15, 0.2) is 0 Å². The molecule has 70 valence electrons. The van der Waals surface area contributed by atoms with E-state index in [2.05, 4.69) is 12.2 Å². The van der Waals surface area contributed by atoms with Crippen LogP contribution in [0.15, 0.2) is 18.2 Å². The van der Waals surface area contributed by atoms with Crippen LogP contribution in [0, 0.1) is 5.82 Å². The summed E-state index contributed by atoms with van der Waals surface area (Å²) in [6.45, 7) is 2.71. The smallest absolute Gasteiger partial charge is 0.145 e. The Kier molecular flexibility index (Phi) is 2.08. The fourth-order valence-corrected chi connectivity index (χ4v) is 1.41. The Labute approximate surface area is 76.7 Å². The number of rotatable bonds is 1. The van der Waals surface area contributed by atoms with E-state index in [1.54, 1.807) is 6.07 Å². The van der Waals surface area contributed by atoms with Crippen LogP contribution in [-0.2, 0) is 0 Å². The van der Waals surface area contributed by atoms with Crippen molar-refractivity contribution >= 4 is 5.69 Å². The molecule has 1 heterocycles. The van der Waals surface area contributed by atoms with E-state index in [1.807, 2.05) is 0 Å². The van der Waals surface area contributed by atoms with Crippen molar-refractivity contribution in [2.75, 3.05) is 11.9 Å². The number of hydrogen-bond donors (Lipinski definition) is 1. The molecule has 1 N–H and O–H groups in total. The SMILES string of the molecule is CCC1COc2cc(F)ccc2N1. The lowest BCUT2D eigenvalue weighted by atomic mass is 10.1. The molecule has 0 saturated carbocycles. The highest BCUT2D eigenvalue weighted by molar-refractivity contribution is 5.58. The Morgan fingerprint density at radius 2 is 2.46 bits per heavy atom. The molecule has 3 heteroatoms. The van der Waals surface area contributed by atoms with Gasteiger partial charge in [0.2, 0.25) is 0 Å². The fourth-order valence-electron chi connectivity index (χ4n) is 1.41. The Morgan fingerprint density at radius 3 is 3.23 bits per heavy atom. The zero-order chi connectivity index (χ0) is 9.26. The van der Waals surface area contributed by atoms with Gasteiger partial charge in [0.1, 0.15) is 18.2 Å². The molecule has 0 radical (unpaired) electrons. The van der Waals surface area contributed by atoms with E-state index in [0.29, 0.717) is 18.4 Å². The van der Waals surface area contributed by atoms with Crippen molar-refractivity contribution in [3.05, 3.63) is 24.0 Å². The summed E-state index contributed by atoms with van der Waals surface area (Å²) in [7, 11) is 0. The highest BCUT2D eigenvalue weighted by atomic mass is 19.1. The van der Waals surface area contributed by atoms with Gasteiger partial charge in [-0.15, -0.1) is 0 Å². The first-order valence-electron chi connectivity index (χ1n) is 4.48. The van der Waals surface area contributed by atoms with Crippen LogP contribution in [0.1, 0.15) is 13.3 Å². The number of ether oxygens (including phenoxy) is 1. The Balaban J connectivity index is 2.26. The molecule has 0 spiro atoms. The number of fused-ring (bicyclic) bond motifs is 1. The Bertz CT molecular complexity index is 314. The third kappa shape index (κ3) is 1.59. The van der Waals surface area contributed by atoms with E-state index < -0.39 is 0 Å². The van der Waals surface area contributed by atoms with E-state index in [-0.39, 0.29) is 5.82 Å². The molecule has 0 aliphatic carbocycles. The maximum atomic E-state index is 12.8. The summed E-state index contributed by atoms with van der Waals surface area (Å²) in [5, 5.41) is 3.28. The standard InChI is InChI=1S/C10H12FNO/c1-2-8-6-13-10-5-7(11)3-4-9(10)12-8/h3-5,8,12H,2,6H2,1H3. The average Bonchev–Trinajstić information content (AvgIpc) is 2.17. The zero-order valence-corrected chi connectivity index (χ0v) is 7.51. The number of hydrogen-bond acceptors (Lipinski definition) is 2. The van der Waals surface area contributed by atoms with Gasteiger partial charge in [0.25, 0.3) is 0 Å². The molecule has 0 bridgehead atoms. The molecule has 1 aliphatic heterocycles. The van der Waals surface area contributed by atoms with Crippen molar-refractivity contribution in [1.29, 1.82) is 0 Å². The Morgan fingerprint density at radius 1 is 1.62 bits per heavy atom. The van der Waals surface area contributed by atoms with Crippen LogP contribution in [-0.4, -0.2) is 12.6 Å². The predicted molar refractivity (Wildman–Crippen MR) is 49.6 cm³/mol. The first-order valence-corrected chi connectivity index (χ1v) is 4.48. The third-order valence-electron chi connectivity index (χ3n) is 2.24. The van der Waals surface area contributed by atoms with Gasteiger partial charge in [-0.3, -0.25) is 0 Å². The molecule has 1 unspecified atom stereocenters. The van der Waals surface area contributed by atoms with Crippen LogP contribution in [0.5, 0.6) is 5.75 Å². The summed E-state index contributed by atoms with van der Waals surface area (Å²) < 4.78 is 18.2. The van der Waals surface area contributed by atoms with Gasteiger partial charge in [-0.05, 0) is 18.6 Å². The first kappa shape index (κ1) is 8.35. The van der Waals surface area contributed by atoms with E-state index in [0.717, 1.165) is 12.1 Å². The number of anilines is 1. The minimum absolute atomic E-state index is 0.254. The molecule has 1 aromatic carbocycles. The Hall–Kier alpha value is -1.25. The summed E-state index contributed by atoms with van der Waals surface area (Å²) >= 11 is 0. The molecule has 0 aromatic heterocycles. The van der Waals surface area contributed by atoms with Crippen LogP contribution >= 0.6 is 0 Å². The summed E-state index contributed by atoms with van der Waals surface area (Å²) in [6.07, 6.45) is 1.01. The van der Waals surface area contributed by atoms with Crippen molar-refractivity contribution in [1.82, 2.24) is 0 Å². The van der Waals surface area contributed by atoms with Gasteiger partial charge in [-0.2, -0.15) is 0 Å². The lowest BCUT2D eigenvalue weighted by Crippen LogP contribution is -2.30. The molecule has 0 fully saturated rings. The highest BCUT2D eigenvalue weighted by Gasteiger charge is 2.17. The van der Waals surface area contributed by atoms with Gasteiger partial charge < -0.3 is 10.1 Å². The van der Waals surface area contributed by atoms with Crippen LogP contribution in [0.2, 0.25) is 0 Å². The number of benzene rings is 1. The normalized spacial score (nSPS) is 20.0. The molecule has 1 aromatic rings. The van der Waals surface area contributed by atoms with E-state index >= 15 is 0 Å². The van der Waals surface area contributed by atoms with Gasteiger partial charge in [-0.25, -0.2) is 4.39 Å². The molecule has 13 heavy (non-hydrogen) atoms. The molecule has 2 nitrogen and oxygen atoms in total. The molecular weight excluding hydrogens is 169 g/mol. The van der Waals surface area contributed by atoms with Crippen LogP contribution in [0.25, 0.3) is 0 Å². The quantitative estimate of drug-likeness (QED) is 0.718. The number of nitrogens with one attached hydrogen (secondary N) is 1. The van der Waals surface area contributed by atoms with Crippen molar-refractivity contribution in [2.24, 2.45) is 0 Å². The maximum Gasteiger partial charge on any atom is 0.145 e. The predicted octanol–water partition coefficient (Wildman–Crippen LogP) is 2.41. The average molecular weight is 181 g/mol. The van der Waals surface area contributed by atoms with E-state index in [9.17, 15) is 4.39 Å². The minimum Gasteiger partial charge on any atom is -0.489 e. The lowest BCUT2D eigenvalue weighted by Gasteiger charge is -2.26. The van der Waals surface area contributed by atoms with Crippen molar-refractivity contribution in [2.45, 2.75) is 19.4 Å². The first-order chi connectivity index (χ1) is 6.29. The largest absolute Gasteiger partial charge is 0.489 e. The minimum atomic E-state index is -0.254. The molecular formula is C10H12FNO. The summed E-state index contributed by atoms with van der Waals surface area (Å²) in [5.41, 5.74) is 0.888. The molecule has 2 rings (SSSR count). The monoisotopic (exact) mass is 181 g/mol.